The molecule has 3 aliphatic rings. The van der Waals surface area contributed by atoms with Gasteiger partial charge in [-0.15, -0.1) is 0 Å². The number of quaternary nitrogens is 1. The summed E-state index contributed by atoms with van der Waals surface area (Å²) in [5.74, 6) is -2.73. The Hall–Kier alpha value is -1.84. The molecule has 0 radical (unpaired) electrons. The van der Waals surface area contributed by atoms with Crippen LogP contribution in [0.25, 0.3) is 0 Å². The molecule has 0 aliphatic carbocycles. The van der Waals surface area contributed by atoms with Gasteiger partial charge in [-0.1, -0.05) is 48.5 Å². The van der Waals surface area contributed by atoms with Crippen LogP contribution >= 0.6 is 0 Å². The Bertz CT molecular complexity index is 1130. The van der Waals surface area contributed by atoms with Crippen molar-refractivity contribution >= 4 is 23.6 Å². The molecule has 3 rings (SSSR count). The lowest BCUT2D eigenvalue weighted by Gasteiger charge is -2.60. The fourth-order valence-corrected chi connectivity index (χ4v) is 9.37. The molecule has 9 nitrogen and oxygen atoms in total. The zero-order valence-corrected chi connectivity index (χ0v) is 31.5. The van der Waals surface area contributed by atoms with Gasteiger partial charge in [0.1, 0.15) is 0 Å². The first-order valence-electron chi connectivity index (χ1n) is 18.0. The molecule has 0 aromatic heterocycles. The molecular weight excluding hydrogens is 580 g/mol. The third kappa shape index (κ3) is 7.57. The second-order valence-electron chi connectivity index (χ2n) is 18.1. The van der Waals surface area contributed by atoms with Gasteiger partial charge in [0.15, 0.2) is 0 Å². The van der Waals surface area contributed by atoms with E-state index in [4.69, 9.17) is 0 Å². The van der Waals surface area contributed by atoms with Crippen molar-refractivity contribution in [3.05, 3.63) is 5.21 Å². The first-order valence-corrected chi connectivity index (χ1v) is 18.0. The number of nitrogens with zero attached hydrogens (tertiary/aromatic N) is 4. The van der Waals surface area contributed by atoms with Gasteiger partial charge in [0, 0.05) is 36.0 Å². The summed E-state index contributed by atoms with van der Waals surface area (Å²) in [5, 5.41) is 14.1. The molecule has 9 heteroatoms. The quantitative estimate of drug-likeness (QED) is 0.174. The monoisotopic (exact) mass is 647 g/mol. The van der Waals surface area contributed by atoms with E-state index in [1.54, 1.807) is 0 Å². The minimum absolute atomic E-state index is 0.0862. The van der Waals surface area contributed by atoms with Crippen LogP contribution in [0.3, 0.4) is 0 Å². The third-order valence-electron chi connectivity index (χ3n) is 11.7. The van der Waals surface area contributed by atoms with E-state index in [2.05, 4.69) is 41.5 Å². The van der Waals surface area contributed by atoms with E-state index >= 15 is 0 Å². The molecule has 0 saturated carbocycles. The van der Waals surface area contributed by atoms with Crippen molar-refractivity contribution in [2.24, 2.45) is 34.5 Å². The maximum Gasteiger partial charge on any atom is 0.233 e. The van der Waals surface area contributed by atoms with E-state index in [-0.39, 0.29) is 35.1 Å². The van der Waals surface area contributed by atoms with E-state index in [0.717, 1.165) is 48.6 Å². The number of piperidine rings is 1. The second kappa shape index (κ2) is 13.6. The molecule has 264 valence electrons. The number of hydroxylamine groups is 2. The first-order chi connectivity index (χ1) is 21.0. The number of carbonyl (C=O) groups is 4. The highest BCUT2D eigenvalue weighted by Crippen LogP contribution is 2.50. The van der Waals surface area contributed by atoms with Crippen molar-refractivity contribution in [3.63, 3.8) is 0 Å². The number of imide groups is 2. The van der Waals surface area contributed by atoms with E-state index in [1.807, 2.05) is 48.5 Å². The molecule has 0 bridgehead atoms. The smallest absolute Gasteiger partial charge is 0.233 e. The Labute approximate surface area is 280 Å². The number of hydrogen-bond acceptors (Lipinski definition) is 6. The fraction of sp³-hybridized carbons (Fsp3) is 0.892. The standard InChI is InChI=1S/C37H66N4O5/c1-14-19-41(15-2,16-3)20-17-18-38-31(43)28(23-34(5,6)7)29(33(38)45)35(8,9)24-27-25(4)30(42)39(32(27)44)26-21-36(10,11)40(46)37(12,13)22-26/h25-29H,14-24H2,1-13H3. The Morgan fingerprint density at radius 1 is 0.783 bits per heavy atom. The van der Waals surface area contributed by atoms with E-state index in [0.29, 0.717) is 32.2 Å². The van der Waals surface area contributed by atoms with Gasteiger partial charge in [-0.25, -0.2) is 0 Å². The average Bonchev–Trinajstić information content (AvgIpc) is 3.28. The highest BCUT2D eigenvalue weighted by Gasteiger charge is 2.58. The molecule has 4 atom stereocenters. The minimum atomic E-state index is -0.711. The summed E-state index contributed by atoms with van der Waals surface area (Å²) < 4.78 is 0.988. The number of likely N-dealkylation sites (tertiary alicyclic amines) is 2. The van der Waals surface area contributed by atoms with Gasteiger partial charge in [0.2, 0.25) is 23.6 Å². The van der Waals surface area contributed by atoms with Crippen LogP contribution in [0.2, 0.25) is 0 Å². The summed E-state index contributed by atoms with van der Waals surface area (Å²) >= 11 is 0. The Morgan fingerprint density at radius 2 is 1.33 bits per heavy atom. The summed E-state index contributed by atoms with van der Waals surface area (Å²) in [6, 6.07) is -0.353. The van der Waals surface area contributed by atoms with Crippen LogP contribution in [0.15, 0.2) is 0 Å². The van der Waals surface area contributed by atoms with Crippen LogP contribution in [0, 0.1) is 39.7 Å². The zero-order chi connectivity index (χ0) is 35.2. The van der Waals surface area contributed by atoms with Crippen molar-refractivity contribution < 1.29 is 23.7 Å². The van der Waals surface area contributed by atoms with Gasteiger partial charge in [-0.05, 0) is 84.5 Å². The summed E-state index contributed by atoms with van der Waals surface area (Å²) in [6.45, 7) is 30.8. The van der Waals surface area contributed by atoms with E-state index in [1.165, 1.54) is 9.80 Å². The van der Waals surface area contributed by atoms with E-state index in [9.17, 15) is 24.4 Å². The fourth-order valence-electron chi connectivity index (χ4n) is 9.37. The summed E-state index contributed by atoms with van der Waals surface area (Å²) in [4.78, 5) is 59.1. The van der Waals surface area contributed by atoms with E-state index < -0.39 is 40.2 Å². The van der Waals surface area contributed by atoms with Crippen molar-refractivity contribution in [3.8, 4) is 0 Å². The van der Waals surface area contributed by atoms with Crippen molar-refractivity contribution in [1.29, 1.82) is 0 Å². The molecule has 0 aromatic rings. The highest BCUT2D eigenvalue weighted by atomic mass is 16.5. The lowest BCUT2D eigenvalue weighted by Crippen LogP contribution is -2.62. The van der Waals surface area contributed by atoms with Crippen molar-refractivity contribution in [2.75, 3.05) is 32.7 Å². The summed E-state index contributed by atoms with van der Waals surface area (Å²) in [6.07, 6.45) is 3.64. The average molecular weight is 647 g/mol. The van der Waals surface area contributed by atoms with Crippen molar-refractivity contribution in [1.82, 2.24) is 14.9 Å². The second-order valence-corrected chi connectivity index (χ2v) is 18.1. The van der Waals surface area contributed by atoms with Crippen LogP contribution < -0.4 is 0 Å². The molecule has 0 aromatic carbocycles. The minimum Gasteiger partial charge on any atom is -0.784 e. The van der Waals surface area contributed by atoms with Crippen LogP contribution in [-0.2, 0) is 19.2 Å². The highest BCUT2D eigenvalue weighted by molar-refractivity contribution is 6.06. The molecule has 0 spiro atoms. The maximum atomic E-state index is 14.3. The lowest BCUT2D eigenvalue weighted by molar-refractivity contribution is -0.925. The van der Waals surface area contributed by atoms with Gasteiger partial charge in [0.05, 0.1) is 43.9 Å². The van der Waals surface area contributed by atoms with Crippen LogP contribution in [0.1, 0.15) is 129 Å². The Balaban J connectivity index is 1.86. The molecule has 3 fully saturated rings. The van der Waals surface area contributed by atoms with Gasteiger partial charge >= 0.3 is 0 Å². The molecule has 3 saturated heterocycles. The maximum absolute atomic E-state index is 14.3. The molecule has 4 unspecified atom stereocenters. The molecule has 3 heterocycles. The SMILES string of the molecule is CCC[N+](CC)(CC)CCCN1C(=O)C(CC(C)(C)C)C(C(C)(C)CC2C(=O)N(C3CC(C)(C)N([O-])C(C)(C)C3)C(=O)C2C)C1=O. The first kappa shape index (κ1) is 38.6. The lowest BCUT2D eigenvalue weighted by atomic mass is 9.64. The third-order valence-corrected chi connectivity index (χ3v) is 11.7. The van der Waals surface area contributed by atoms with Crippen molar-refractivity contribution in [2.45, 2.75) is 146 Å². The summed E-state index contributed by atoms with van der Waals surface area (Å²) in [7, 11) is 0. The van der Waals surface area contributed by atoms with Crippen LogP contribution in [0.5, 0.6) is 0 Å². The number of rotatable bonds is 13. The molecule has 46 heavy (non-hydrogen) atoms. The largest absolute Gasteiger partial charge is 0.784 e. The van der Waals surface area contributed by atoms with Gasteiger partial charge in [0.25, 0.3) is 0 Å². The van der Waals surface area contributed by atoms with Gasteiger partial charge in [-0.2, -0.15) is 0 Å². The number of amides is 4. The summed E-state index contributed by atoms with van der Waals surface area (Å²) in [5.41, 5.74) is -2.27. The van der Waals surface area contributed by atoms with Gasteiger partial charge in [-0.3, -0.25) is 29.0 Å². The molecular formula is C37H66N4O5. The predicted octanol–water partition coefficient (Wildman–Crippen LogP) is 6.24. The van der Waals surface area contributed by atoms with Crippen LogP contribution in [0.4, 0.5) is 0 Å². The predicted molar refractivity (Wildman–Crippen MR) is 183 cm³/mol. The van der Waals surface area contributed by atoms with Crippen LogP contribution in [-0.4, -0.2) is 92.8 Å². The zero-order valence-electron chi connectivity index (χ0n) is 31.5. The topological polar surface area (TPSA) is 101 Å². The molecule has 4 amide bonds. The number of carbonyl (C=O) groups excluding carboxylic acids is 4. The molecule has 3 aliphatic heterocycles. The molecule has 0 N–H and O–H groups in total. The Kier molecular flexibility index (Phi) is 11.4. The number of hydrogen-bond donors (Lipinski definition) is 0. The normalized spacial score (nSPS) is 28.2. The Morgan fingerprint density at radius 3 is 1.80 bits per heavy atom. The van der Waals surface area contributed by atoms with Gasteiger partial charge < -0.3 is 14.8 Å².